The molecule has 0 spiro atoms. The maximum absolute atomic E-state index is 2.72. The van der Waals surface area contributed by atoms with Crippen LogP contribution in [0.5, 0.6) is 0 Å². The largest absolute Gasteiger partial charge is 0.337 e. The van der Waals surface area contributed by atoms with Crippen molar-refractivity contribution in [2.75, 3.05) is 9.80 Å². The molecule has 0 amide bonds. The number of hydrogen-bond donors (Lipinski definition) is 0. The van der Waals surface area contributed by atoms with Crippen molar-refractivity contribution in [3.8, 4) is 0 Å². The van der Waals surface area contributed by atoms with Gasteiger partial charge in [0.15, 0.2) is 0 Å². The molecule has 4 heterocycles. The summed E-state index contributed by atoms with van der Waals surface area (Å²) in [4.78, 5) is 5.41. The molecule has 4 heteroatoms. The summed E-state index contributed by atoms with van der Waals surface area (Å²) in [5, 5.41) is 9.57. The molecule has 3 atom stereocenters. The van der Waals surface area contributed by atoms with Crippen LogP contribution in [0.1, 0.15) is 107 Å². The van der Waals surface area contributed by atoms with Gasteiger partial charge in [0.25, 0.3) is 0 Å². The molecule has 2 fully saturated rings. The van der Waals surface area contributed by atoms with Crippen molar-refractivity contribution >= 4 is 82.5 Å². The minimum atomic E-state index is 0.247. The zero-order chi connectivity index (χ0) is 45.9. The molecule has 15 rings (SSSR count). The van der Waals surface area contributed by atoms with Gasteiger partial charge in [0.05, 0.1) is 50.9 Å². The summed E-state index contributed by atoms with van der Waals surface area (Å²) in [7, 11) is 0. The highest BCUT2D eigenvalue weighted by atomic mass is 15.2. The van der Waals surface area contributed by atoms with E-state index >= 15 is 0 Å². The summed E-state index contributed by atoms with van der Waals surface area (Å²) in [6, 6.07) is 38.9. The number of aromatic nitrogens is 2. The van der Waals surface area contributed by atoms with Crippen molar-refractivity contribution in [2.24, 2.45) is 11.8 Å². The van der Waals surface area contributed by atoms with Crippen molar-refractivity contribution in [3.63, 3.8) is 0 Å². The Balaban J connectivity index is 0.932. The van der Waals surface area contributed by atoms with Gasteiger partial charge in [-0.15, -0.1) is 0 Å². The Hall–Kier alpha value is -6.78. The zero-order valence-corrected chi connectivity index (χ0v) is 40.4. The van der Waals surface area contributed by atoms with Gasteiger partial charge in [-0.25, -0.2) is 0 Å². The monoisotopic (exact) mass is 910 g/mol. The maximum atomic E-state index is 2.72. The zero-order valence-electron chi connectivity index (χ0n) is 40.4. The molecule has 0 N–H and O–H groups in total. The van der Waals surface area contributed by atoms with Gasteiger partial charge in [0, 0.05) is 54.6 Å². The summed E-state index contributed by atoms with van der Waals surface area (Å²) in [5.74, 6) is 2.18. The average molecular weight is 911 g/mol. The second-order valence-electron chi connectivity index (χ2n) is 21.8. The van der Waals surface area contributed by atoms with E-state index in [9.17, 15) is 0 Å². The van der Waals surface area contributed by atoms with Gasteiger partial charge in [0.2, 0.25) is 0 Å². The Morgan fingerprint density at radius 3 is 1.90 bits per heavy atom. The van der Waals surface area contributed by atoms with E-state index in [0.717, 1.165) is 38.0 Å². The second kappa shape index (κ2) is 16.4. The topological polar surface area (TPSA) is 15.3 Å². The first-order valence-electron chi connectivity index (χ1n) is 27.1. The van der Waals surface area contributed by atoms with Crippen LogP contribution in [0.4, 0.5) is 11.4 Å². The lowest BCUT2D eigenvalue weighted by molar-refractivity contribution is 0.285. The first-order valence-corrected chi connectivity index (χ1v) is 27.1. The first kappa shape index (κ1) is 41.0. The highest BCUT2D eigenvalue weighted by Gasteiger charge is 2.33. The highest BCUT2D eigenvalue weighted by Crippen LogP contribution is 2.48. The molecule has 9 aromatic rings. The Morgan fingerprint density at radius 1 is 0.500 bits per heavy atom. The third-order valence-corrected chi connectivity index (χ3v) is 18.1. The number of anilines is 2. The Bertz CT molecular complexity index is 3800. The van der Waals surface area contributed by atoms with E-state index in [1.165, 1.54) is 169 Å². The molecule has 0 radical (unpaired) electrons. The van der Waals surface area contributed by atoms with E-state index < -0.39 is 0 Å². The number of para-hydroxylation sites is 2. The number of rotatable bonds is 8. The number of benzene rings is 5. The van der Waals surface area contributed by atoms with Crippen LogP contribution in [-0.4, -0.2) is 20.9 Å². The molecule has 6 aliphatic carbocycles. The number of nitrogens with zero attached hydrogens (tertiary/aromatic N) is 4. The molecule has 4 nitrogen and oxygen atoms in total. The first-order chi connectivity index (χ1) is 34.8. The van der Waals surface area contributed by atoms with E-state index in [-0.39, 0.29) is 12.1 Å². The van der Waals surface area contributed by atoms with Crippen LogP contribution in [0.3, 0.4) is 0 Å². The fraction of sp³-hybridized carbons (Fsp3) is 0.303. The van der Waals surface area contributed by atoms with Gasteiger partial charge in [-0.1, -0.05) is 154 Å². The Morgan fingerprint density at radius 2 is 1.17 bits per heavy atom. The van der Waals surface area contributed by atoms with Crippen LogP contribution < -0.4 is 15.0 Å². The number of aryl methyl sites for hydroxylation is 1. The SMILES string of the molecule is C1=CCC(N(C2=c3c4ccccc4n4c3c(c3cc5c(cc34)c3ccc(N(C4=CCC(C6CCCCC6)C=C4)C4C=CC=CC4)c4c6ccccc6n5c34)CC2)c2ccc(C3CCCCC3)cc2)C=C1. The van der Waals surface area contributed by atoms with Crippen molar-refractivity contribution in [1.82, 2.24) is 8.80 Å². The molecule has 3 unspecified atom stereocenters. The molecule has 0 saturated heterocycles. The molecule has 346 valence electrons. The van der Waals surface area contributed by atoms with E-state index in [1.54, 1.807) is 0 Å². The van der Waals surface area contributed by atoms with Crippen molar-refractivity contribution in [3.05, 3.63) is 186 Å². The van der Waals surface area contributed by atoms with Crippen LogP contribution in [0.15, 0.2) is 170 Å². The van der Waals surface area contributed by atoms with Gasteiger partial charge < -0.3 is 18.6 Å². The molecular weight excluding hydrogens is 849 g/mol. The van der Waals surface area contributed by atoms with E-state index in [2.05, 4.69) is 182 Å². The van der Waals surface area contributed by atoms with E-state index in [0.29, 0.717) is 11.8 Å². The molecule has 70 heavy (non-hydrogen) atoms. The van der Waals surface area contributed by atoms with Gasteiger partial charge in [0.1, 0.15) is 0 Å². The summed E-state index contributed by atoms with van der Waals surface area (Å²) < 4.78 is 5.29. The molecular formula is C66H62N4. The van der Waals surface area contributed by atoms with Crippen LogP contribution in [0.2, 0.25) is 0 Å². The molecule has 0 aliphatic heterocycles. The van der Waals surface area contributed by atoms with Gasteiger partial charge in [-0.2, -0.15) is 0 Å². The van der Waals surface area contributed by atoms with Crippen molar-refractivity contribution < 1.29 is 0 Å². The number of fused-ring (bicyclic) bond motifs is 12. The fourth-order valence-electron chi connectivity index (χ4n) is 14.8. The normalized spacial score (nSPS) is 22.1. The molecule has 5 aromatic carbocycles. The predicted octanol–water partition coefficient (Wildman–Crippen LogP) is 16.3. The van der Waals surface area contributed by atoms with Crippen LogP contribution in [-0.2, 0) is 6.42 Å². The minimum absolute atomic E-state index is 0.247. The molecule has 0 bridgehead atoms. The van der Waals surface area contributed by atoms with Gasteiger partial charge in [-0.3, -0.25) is 0 Å². The van der Waals surface area contributed by atoms with Crippen LogP contribution in [0, 0.1) is 11.8 Å². The Labute approximate surface area is 411 Å². The summed E-state index contributed by atoms with van der Waals surface area (Å²) >= 11 is 0. The van der Waals surface area contributed by atoms with E-state index in [1.807, 2.05) is 0 Å². The fourth-order valence-corrected chi connectivity index (χ4v) is 14.8. The second-order valence-corrected chi connectivity index (χ2v) is 21.8. The predicted molar refractivity (Wildman–Crippen MR) is 297 cm³/mol. The maximum Gasteiger partial charge on any atom is 0.0641 e. The lowest BCUT2D eigenvalue weighted by atomic mass is 9.77. The standard InChI is InChI=1S/C66H62N4/c1-5-17-43(18-6-1)45-29-33-49(34-30-45)67(47-21-9-3-10-22-47)59-39-37-51-55-41-62-56(42-61(55)69-57-27-15-13-25-53(57)63(59)65(51)69)52-38-40-60(64-54-26-14-16-28-58(54)70(62)66(52)64)68(48-23-11-4-12-24-48)50-35-31-46(32-36-50)44-19-7-2-8-20-44/h3-4,9-16,21,23,25-31,33-36,38,40-44,46-48H,1-2,5-8,17-20,22,24,32,37,39H2. The summed E-state index contributed by atoms with van der Waals surface area (Å²) in [6.45, 7) is 0. The minimum Gasteiger partial charge on any atom is -0.337 e. The van der Waals surface area contributed by atoms with Crippen LogP contribution >= 0.6 is 0 Å². The van der Waals surface area contributed by atoms with Crippen molar-refractivity contribution in [2.45, 2.75) is 114 Å². The third-order valence-electron chi connectivity index (χ3n) is 18.1. The molecule has 4 aromatic heterocycles. The molecule has 6 aliphatic rings. The lowest BCUT2D eigenvalue weighted by Gasteiger charge is -2.36. The number of allylic oxidation sites excluding steroid dienone is 7. The average Bonchev–Trinajstić information content (AvgIpc) is 4.16. The summed E-state index contributed by atoms with van der Waals surface area (Å²) in [6.07, 6.45) is 45.0. The van der Waals surface area contributed by atoms with Crippen molar-refractivity contribution in [1.29, 1.82) is 0 Å². The Kier molecular flexibility index (Phi) is 9.62. The smallest absolute Gasteiger partial charge is 0.0641 e. The lowest BCUT2D eigenvalue weighted by Crippen LogP contribution is -2.37. The highest BCUT2D eigenvalue weighted by molar-refractivity contribution is 6.28. The quantitative estimate of drug-likeness (QED) is 0.151. The third kappa shape index (κ3) is 6.20. The van der Waals surface area contributed by atoms with Gasteiger partial charge in [-0.05, 0) is 135 Å². The van der Waals surface area contributed by atoms with E-state index in [4.69, 9.17) is 0 Å². The molecule has 2 saturated carbocycles. The summed E-state index contributed by atoms with van der Waals surface area (Å²) in [5.41, 5.74) is 16.4. The van der Waals surface area contributed by atoms with Gasteiger partial charge >= 0.3 is 0 Å². The number of hydrogen-bond acceptors (Lipinski definition) is 2. The van der Waals surface area contributed by atoms with Crippen LogP contribution in [0.25, 0.3) is 71.1 Å².